The van der Waals surface area contributed by atoms with Crippen molar-refractivity contribution in [2.45, 2.75) is 31.8 Å². The molecule has 0 atom stereocenters. The molecule has 0 spiro atoms. The van der Waals surface area contributed by atoms with Crippen LogP contribution in [0.1, 0.15) is 29.7 Å². The van der Waals surface area contributed by atoms with E-state index in [1.165, 1.54) is 17.7 Å². The molecular formula is C14H16N2OS. The Morgan fingerprint density at radius 2 is 2.33 bits per heavy atom. The van der Waals surface area contributed by atoms with E-state index in [9.17, 15) is 0 Å². The highest BCUT2D eigenvalue weighted by atomic mass is 32.1. The zero-order valence-corrected chi connectivity index (χ0v) is 11.0. The third kappa shape index (κ3) is 3.85. The van der Waals surface area contributed by atoms with Crippen molar-refractivity contribution in [3.05, 3.63) is 21.9 Å². The van der Waals surface area contributed by atoms with Gasteiger partial charge in [0.2, 0.25) is 0 Å². The van der Waals surface area contributed by atoms with Gasteiger partial charge in [0.15, 0.2) is 0 Å². The Labute approximate surface area is 112 Å². The van der Waals surface area contributed by atoms with Gasteiger partial charge in [0.1, 0.15) is 6.61 Å². The van der Waals surface area contributed by atoms with E-state index in [2.05, 4.69) is 28.9 Å². The summed E-state index contributed by atoms with van der Waals surface area (Å²) in [6.07, 6.45) is 3.11. The smallest absolute Gasteiger partial charge is 0.104 e. The number of rotatable bonds is 5. The van der Waals surface area contributed by atoms with Crippen molar-refractivity contribution in [1.82, 2.24) is 4.90 Å². The fourth-order valence-corrected chi connectivity index (χ4v) is 2.74. The first kappa shape index (κ1) is 13.1. The van der Waals surface area contributed by atoms with E-state index in [-0.39, 0.29) is 6.61 Å². The van der Waals surface area contributed by atoms with Crippen LogP contribution in [-0.2, 0) is 6.54 Å². The Morgan fingerprint density at radius 1 is 1.50 bits per heavy atom. The summed E-state index contributed by atoms with van der Waals surface area (Å²) in [5.74, 6) is 5.57. The molecule has 0 bridgehead atoms. The lowest BCUT2D eigenvalue weighted by molar-refractivity contribution is 0.263. The second-order valence-electron chi connectivity index (χ2n) is 4.37. The van der Waals surface area contributed by atoms with E-state index in [1.807, 2.05) is 5.38 Å². The molecule has 1 heterocycles. The average Bonchev–Trinajstić information content (AvgIpc) is 3.13. The molecule has 1 aliphatic rings. The van der Waals surface area contributed by atoms with Gasteiger partial charge >= 0.3 is 0 Å². The summed E-state index contributed by atoms with van der Waals surface area (Å²) in [4.78, 5) is 3.67. The largest absolute Gasteiger partial charge is 0.384 e. The fourth-order valence-electron chi connectivity index (χ4n) is 1.89. The number of aliphatic hydroxyl groups is 1. The number of nitriles is 1. The van der Waals surface area contributed by atoms with E-state index in [1.54, 1.807) is 11.3 Å². The van der Waals surface area contributed by atoms with Gasteiger partial charge in [0.05, 0.1) is 6.07 Å². The normalized spacial score (nSPS) is 14.1. The van der Waals surface area contributed by atoms with Crippen molar-refractivity contribution in [3.63, 3.8) is 0 Å². The minimum absolute atomic E-state index is 0.0957. The van der Waals surface area contributed by atoms with Crippen LogP contribution in [0, 0.1) is 23.2 Å². The van der Waals surface area contributed by atoms with E-state index in [0.717, 1.165) is 18.7 Å². The van der Waals surface area contributed by atoms with Crippen molar-refractivity contribution in [2.24, 2.45) is 0 Å². The van der Waals surface area contributed by atoms with E-state index in [4.69, 9.17) is 10.4 Å². The molecular weight excluding hydrogens is 244 g/mol. The standard InChI is InChI=1S/C14H16N2OS/c15-6-2-7-16(13-4-5-13)10-14-9-12(11-18-14)3-1-8-17/h9,11,13,17H,2,4-5,7-8,10H2. The van der Waals surface area contributed by atoms with Crippen molar-refractivity contribution in [1.29, 1.82) is 5.26 Å². The van der Waals surface area contributed by atoms with Gasteiger partial charge < -0.3 is 5.11 Å². The van der Waals surface area contributed by atoms with E-state index >= 15 is 0 Å². The monoisotopic (exact) mass is 260 g/mol. The lowest BCUT2D eigenvalue weighted by atomic mass is 10.3. The van der Waals surface area contributed by atoms with Crippen LogP contribution < -0.4 is 0 Å². The molecule has 0 aromatic carbocycles. The molecule has 3 nitrogen and oxygen atoms in total. The summed E-state index contributed by atoms with van der Waals surface area (Å²) in [6.45, 7) is 1.68. The summed E-state index contributed by atoms with van der Waals surface area (Å²) >= 11 is 1.70. The van der Waals surface area contributed by atoms with Crippen LogP contribution >= 0.6 is 11.3 Å². The average molecular weight is 260 g/mol. The molecule has 1 aromatic rings. The summed E-state index contributed by atoms with van der Waals surface area (Å²) in [5, 5.41) is 19.3. The third-order valence-electron chi connectivity index (χ3n) is 2.90. The highest BCUT2D eigenvalue weighted by molar-refractivity contribution is 7.10. The first-order chi connectivity index (χ1) is 8.83. The Balaban J connectivity index is 1.94. The molecule has 94 valence electrons. The van der Waals surface area contributed by atoms with Crippen LogP contribution in [-0.4, -0.2) is 29.2 Å². The van der Waals surface area contributed by atoms with E-state index < -0.39 is 0 Å². The maximum absolute atomic E-state index is 8.67. The zero-order chi connectivity index (χ0) is 12.8. The molecule has 1 aliphatic carbocycles. The lowest BCUT2D eigenvalue weighted by Gasteiger charge is -2.19. The topological polar surface area (TPSA) is 47.3 Å². The summed E-state index contributed by atoms with van der Waals surface area (Å²) < 4.78 is 0. The highest BCUT2D eigenvalue weighted by Gasteiger charge is 2.28. The van der Waals surface area contributed by atoms with Gasteiger partial charge in [-0.1, -0.05) is 11.8 Å². The summed E-state index contributed by atoms with van der Waals surface area (Å²) in [7, 11) is 0. The highest BCUT2D eigenvalue weighted by Crippen LogP contribution is 2.29. The number of hydrogen-bond acceptors (Lipinski definition) is 4. The van der Waals surface area contributed by atoms with Gasteiger partial charge in [-0.15, -0.1) is 11.3 Å². The molecule has 1 N–H and O–H groups in total. The van der Waals surface area contributed by atoms with Crippen LogP contribution in [0.2, 0.25) is 0 Å². The first-order valence-electron chi connectivity index (χ1n) is 6.11. The quantitative estimate of drug-likeness (QED) is 0.823. The van der Waals surface area contributed by atoms with Gasteiger partial charge in [-0.25, -0.2) is 0 Å². The number of aliphatic hydroxyl groups excluding tert-OH is 1. The molecule has 1 aromatic heterocycles. The van der Waals surface area contributed by atoms with Gasteiger partial charge in [-0.3, -0.25) is 4.90 Å². The molecule has 0 saturated heterocycles. The van der Waals surface area contributed by atoms with Gasteiger partial charge in [0, 0.05) is 41.4 Å². The molecule has 0 aliphatic heterocycles. The van der Waals surface area contributed by atoms with Gasteiger partial charge in [0.25, 0.3) is 0 Å². The second-order valence-corrected chi connectivity index (χ2v) is 5.37. The molecule has 0 radical (unpaired) electrons. The molecule has 0 amide bonds. The predicted molar refractivity (Wildman–Crippen MR) is 71.9 cm³/mol. The van der Waals surface area contributed by atoms with Crippen LogP contribution in [0.15, 0.2) is 11.4 Å². The van der Waals surface area contributed by atoms with Crippen LogP contribution in [0.3, 0.4) is 0 Å². The minimum atomic E-state index is -0.0957. The van der Waals surface area contributed by atoms with Crippen molar-refractivity contribution in [3.8, 4) is 17.9 Å². The Morgan fingerprint density at radius 3 is 3.00 bits per heavy atom. The molecule has 1 saturated carbocycles. The molecule has 2 rings (SSSR count). The number of thiophene rings is 1. The van der Waals surface area contributed by atoms with Crippen LogP contribution in [0.5, 0.6) is 0 Å². The maximum atomic E-state index is 8.67. The fraction of sp³-hybridized carbons (Fsp3) is 0.500. The summed E-state index contributed by atoms with van der Waals surface area (Å²) in [6, 6.07) is 4.96. The maximum Gasteiger partial charge on any atom is 0.104 e. The third-order valence-corrected chi connectivity index (χ3v) is 3.82. The number of nitrogens with zero attached hydrogens (tertiary/aromatic N) is 2. The predicted octanol–water partition coefficient (Wildman–Crippen LogP) is 1.97. The SMILES string of the molecule is N#CCCN(Cc1cc(C#CCO)cs1)C1CC1. The first-order valence-corrected chi connectivity index (χ1v) is 6.99. The van der Waals surface area contributed by atoms with Crippen molar-refractivity contribution in [2.75, 3.05) is 13.2 Å². The van der Waals surface area contributed by atoms with Gasteiger partial charge in [-0.05, 0) is 18.9 Å². The Kier molecular flexibility index (Phi) is 4.78. The molecule has 1 fully saturated rings. The van der Waals surface area contributed by atoms with E-state index in [0.29, 0.717) is 12.5 Å². The summed E-state index contributed by atoms with van der Waals surface area (Å²) in [5.41, 5.74) is 0.972. The Bertz CT molecular complexity index is 488. The van der Waals surface area contributed by atoms with Crippen molar-refractivity contribution < 1.29 is 5.11 Å². The molecule has 18 heavy (non-hydrogen) atoms. The minimum Gasteiger partial charge on any atom is -0.384 e. The second kappa shape index (κ2) is 6.56. The van der Waals surface area contributed by atoms with Crippen molar-refractivity contribution >= 4 is 11.3 Å². The Hall–Kier alpha value is -1.33. The molecule has 0 unspecified atom stereocenters. The van der Waals surface area contributed by atoms with Crippen LogP contribution in [0.25, 0.3) is 0 Å². The zero-order valence-electron chi connectivity index (χ0n) is 10.2. The lowest BCUT2D eigenvalue weighted by Crippen LogP contribution is -2.26. The van der Waals surface area contributed by atoms with Crippen LogP contribution in [0.4, 0.5) is 0 Å². The van der Waals surface area contributed by atoms with Gasteiger partial charge in [-0.2, -0.15) is 5.26 Å². The number of hydrogen-bond donors (Lipinski definition) is 1. The molecule has 4 heteroatoms.